The van der Waals surface area contributed by atoms with E-state index >= 15 is 0 Å². The SMILES string of the molecule is C=Cc1cccc(NC(=O)Cn2nc(-c3ccccc3)ccc2=O)c1. The van der Waals surface area contributed by atoms with Gasteiger partial charge in [-0.05, 0) is 23.8 Å². The molecule has 0 fully saturated rings. The van der Waals surface area contributed by atoms with Gasteiger partial charge in [0.2, 0.25) is 5.91 Å². The summed E-state index contributed by atoms with van der Waals surface area (Å²) in [6.45, 7) is 3.55. The van der Waals surface area contributed by atoms with Gasteiger partial charge in [0.05, 0.1) is 5.69 Å². The third kappa shape index (κ3) is 4.09. The first-order valence-corrected chi connectivity index (χ1v) is 7.81. The first-order chi connectivity index (χ1) is 12.2. The molecule has 5 nitrogen and oxygen atoms in total. The van der Waals surface area contributed by atoms with E-state index in [9.17, 15) is 9.59 Å². The molecule has 0 aliphatic carbocycles. The molecule has 0 spiro atoms. The monoisotopic (exact) mass is 331 g/mol. The summed E-state index contributed by atoms with van der Waals surface area (Å²) in [7, 11) is 0. The fraction of sp³-hybridized carbons (Fsp3) is 0.0500. The van der Waals surface area contributed by atoms with Crippen molar-refractivity contribution in [2.75, 3.05) is 5.32 Å². The number of amides is 1. The van der Waals surface area contributed by atoms with Crippen LogP contribution in [0.1, 0.15) is 5.56 Å². The summed E-state index contributed by atoms with van der Waals surface area (Å²) in [5, 5.41) is 7.05. The Labute approximate surface area is 145 Å². The molecule has 0 saturated heterocycles. The number of benzene rings is 2. The standard InChI is InChI=1S/C20H17N3O2/c1-2-15-7-6-10-17(13-15)21-19(24)14-23-20(25)12-11-18(22-23)16-8-4-3-5-9-16/h2-13H,1,14H2,(H,21,24). The minimum absolute atomic E-state index is 0.155. The quantitative estimate of drug-likeness (QED) is 0.781. The molecule has 3 aromatic rings. The van der Waals surface area contributed by atoms with Crippen LogP contribution in [0.3, 0.4) is 0 Å². The van der Waals surface area contributed by atoms with Gasteiger partial charge < -0.3 is 5.32 Å². The van der Waals surface area contributed by atoms with Crippen molar-refractivity contribution >= 4 is 17.7 Å². The van der Waals surface area contributed by atoms with Crippen molar-refractivity contribution in [1.82, 2.24) is 9.78 Å². The van der Waals surface area contributed by atoms with Crippen LogP contribution < -0.4 is 10.9 Å². The summed E-state index contributed by atoms with van der Waals surface area (Å²) >= 11 is 0. The molecule has 0 saturated carbocycles. The largest absolute Gasteiger partial charge is 0.324 e. The van der Waals surface area contributed by atoms with E-state index in [1.807, 2.05) is 48.5 Å². The molecule has 3 rings (SSSR count). The van der Waals surface area contributed by atoms with E-state index in [1.54, 1.807) is 18.2 Å². The predicted molar refractivity (Wildman–Crippen MR) is 99.1 cm³/mol. The number of anilines is 1. The Morgan fingerprint density at radius 3 is 2.64 bits per heavy atom. The Morgan fingerprint density at radius 1 is 1.08 bits per heavy atom. The van der Waals surface area contributed by atoms with E-state index in [-0.39, 0.29) is 18.0 Å². The van der Waals surface area contributed by atoms with Crippen molar-refractivity contribution in [3.63, 3.8) is 0 Å². The number of hydrogen-bond acceptors (Lipinski definition) is 3. The van der Waals surface area contributed by atoms with Gasteiger partial charge in [0, 0.05) is 17.3 Å². The Morgan fingerprint density at radius 2 is 1.88 bits per heavy atom. The topological polar surface area (TPSA) is 64.0 Å². The highest BCUT2D eigenvalue weighted by Crippen LogP contribution is 2.14. The molecule has 25 heavy (non-hydrogen) atoms. The van der Waals surface area contributed by atoms with Crippen LogP contribution in [0, 0.1) is 0 Å². The Bertz CT molecular complexity index is 962. The summed E-state index contributed by atoms with van der Waals surface area (Å²) in [5.41, 5.74) is 2.75. The maximum atomic E-state index is 12.2. The smallest absolute Gasteiger partial charge is 0.267 e. The second-order valence-corrected chi connectivity index (χ2v) is 5.46. The highest BCUT2D eigenvalue weighted by molar-refractivity contribution is 5.90. The fourth-order valence-corrected chi connectivity index (χ4v) is 2.41. The zero-order valence-electron chi connectivity index (χ0n) is 13.6. The molecule has 0 aliphatic rings. The van der Waals surface area contributed by atoms with Crippen LogP contribution in [0.5, 0.6) is 0 Å². The van der Waals surface area contributed by atoms with Crippen molar-refractivity contribution in [2.24, 2.45) is 0 Å². The molecule has 0 unspecified atom stereocenters. The summed E-state index contributed by atoms with van der Waals surface area (Å²) in [4.78, 5) is 24.2. The number of carbonyl (C=O) groups is 1. The highest BCUT2D eigenvalue weighted by Gasteiger charge is 2.08. The van der Waals surface area contributed by atoms with Gasteiger partial charge in [-0.15, -0.1) is 0 Å². The lowest BCUT2D eigenvalue weighted by molar-refractivity contribution is -0.117. The van der Waals surface area contributed by atoms with Gasteiger partial charge in [0.1, 0.15) is 6.54 Å². The van der Waals surface area contributed by atoms with E-state index in [1.165, 1.54) is 6.07 Å². The van der Waals surface area contributed by atoms with Gasteiger partial charge in [-0.25, -0.2) is 4.68 Å². The van der Waals surface area contributed by atoms with Crippen LogP contribution in [-0.4, -0.2) is 15.7 Å². The van der Waals surface area contributed by atoms with Crippen molar-refractivity contribution < 1.29 is 4.79 Å². The number of aromatic nitrogens is 2. The normalized spacial score (nSPS) is 10.2. The van der Waals surface area contributed by atoms with E-state index in [2.05, 4.69) is 17.0 Å². The van der Waals surface area contributed by atoms with Gasteiger partial charge in [-0.3, -0.25) is 9.59 Å². The molecule has 0 atom stereocenters. The van der Waals surface area contributed by atoms with Crippen LogP contribution >= 0.6 is 0 Å². The summed E-state index contributed by atoms with van der Waals surface area (Å²) < 4.78 is 1.16. The molecule has 1 aromatic heterocycles. The zero-order valence-corrected chi connectivity index (χ0v) is 13.6. The average molecular weight is 331 g/mol. The maximum Gasteiger partial charge on any atom is 0.267 e. The zero-order chi connectivity index (χ0) is 17.6. The lowest BCUT2D eigenvalue weighted by Crippen LogP contribution is -2.29. The lowest BCUT2D eigenvalue weighted by atomic mass is 10.1. The molecule has 1 N–H and O–H groups in total. The van der Waals surface area contributed by atoms with Crippen molar-refractivity contribution in [3.05, 3.63) is 89.2 Å². The molecule has 2 aromatic carbocycles. The van der Waals surface area contributed by atoms with Crippen LogP contribution in [0.25, 0.3) is 17.3 Å². The van der Waals surface area contributed by atoms with Gasteiger partial charge in [-0.2, -0.15) is 5.10 Å². The van der Waals surface area contributed by atoms with Crippen LogP contribution in [0.4, 0.5) is 5.69 Å². The maximum absolute atomic E-state index is 12.2. The van der Waals surface area contributed by atoms with Gasteiger partial charge in [0.15, 0.2) is 0 Å². The lowest BCUT2D eigenvalue weighted by Gasteiger charge is -2.09. The third-order valence-electron chi connectivity index (χ3n) is 3.64. The molecule has 0 radical (unpaired) electrons. The molecule has 0 aliphatic heterocycles. The van der Waals surface area contributed by atoms with Crippen molar-refractivity contribution in [2.45, 2.75) is 6.54 Å². The Hall–Kier alpha value is -3.47. The van der Waals surface area contributed by atoms with Crippen LogP contribution in [0.15, 0.2) is 78.1 Å². The third-order valence-corrected chi connectivity index (χ3v) is 3.64. The van der Waals surface area contributed by atoms with Gasteiger partial charge in [-0.1, -0.05) is 55.1 Å². The first kappa shape index (κ1) is 16.4. The Balaban J connectivity index is 1.79. The second-order valence-electron chi connectivity index (χ2n) is 5.46. The average Bonchev–Trinajstić information content (AvgIpc) is 2.64. The van der Waals surface area contributed by atoms with Crippen LogP contribution in [0.2, 0.25) is 0 Å². The van der Waals surface area contributed by atoms with E-state index in [0.717, 1.165) is 15.8 Å². The molecular formula is C20H17N3O2. The number of nitrogens with one attached hydrogen (secondary N) is 1. The predicted octanol–water partition coefficient (Wildman–Crippen LogP) is 3.19. The minimum atomic E-state index is -0.324. The molecule has 1 amide bonds. The molecule has 1 heterocycles. The number of nitrogens with zero attached hydrogens (tertiary/aromatic N) is 2. The minimum Gasteiger partial charge on any atom is -0.324 e. The number of carbonyl (C=O) groups excluding carboxylic acids is 1. The van der Waals surface area contributed by atoms with Crippen LogP contribution in [-0.2, 0) is 11.3 Å². The van der Waals surface area contributed by atoms with Gasteiger partial charge in [0.25, 0.3) is 5.56 Å². The van der Waals surface area contributed by atoms with E-state index in [4.69, 9.17) is 0 Å². The molecule has 5 heteroatoms. The molecule has 0 bridgehead atoms. The summed E-state index contributed by atoms with van der Waals surface area (Å²) in [5.74, 6) is -0.318. The first-order valence-electron chi connectivity index (χ1n) is 7.81. The number of rotatable bonds is 5. The van der Waals surface area contributed by atoms with E-state index in [0.29, 0.717) is 11.4 Å². The Kier molecular flexibility index (Phi) is 4.85. The fourth-order valence-electron chi connectivity index (χ4n) is 2.41. The molecular weight excluding hydrogens is 314 g/mol. The van der Waals surface area contributed by atoms with E-state index < -0.39 is 0 Å². The second kappa shape index (κ2) is 7.40. The highest BCUT2D eigenvalue weighted by atomic mass is 16.2. The van der Waals surface area contributed by atoms with Crippen molar-refractivity contribution in [1.29, 1.82) is 0 Å². The summed E-state index contributed by atoms with van der Waals surface area (Å²) in [6.07, 6.45) is 1.70. The molecule has 124 valence electrons. The number of hydrogen-bond donors (Lipinski definition) is 1. The van der Waals surface area contributed by atoms with Gasteiger partial charge >= 0.3 is 0 Å². The van der Waals surface area contributed by atoms with Crippen molar-refractivity contribution in [3.8, 4) is 11.3 Å². The summed E-state index contributed by atoms with van der Waals surface area (Å²) in [6, 6.07) is 19.9.